The van der Waals surface area contributed by atoms with E-state index < -0.39 is 22.0 Å². The van der Waals surface area contributed by atoms with E-state index in [1.54, 1.807) is 13.0 Å². The highest BCUT2D eigenvalue weighted by Crippen LogP contribution is 2.20. The largest absolute Gasteiger partial charge is 0.383 e. The summed E-state index contributed by atoms with van der Waals surface area (Å²) in [6.45, 7) is 1.84. The molecule has 0 fully saturated rings. The van der Waals surface area contributed by atoms with Crippen LogP contribution in [0.25, 0.3) is 0 Å². The molecule has 4 N–H and O–H groups in total. The molecule has 20 heavy (non-hydrogen) atoms. The van der Waals surface area contributed by atoms with Crippen molar-refractivity contribution in [3.05, 3.63) is 23.8 Å². The second-order valence-corrected chi connectivity index (χ2v) is 6.12. The number of nitrogens with one attached hydrogen (secondary N) is 2. The lowest BCUT2D eigenvalue weighted by atomic mass is 10.2. The summed E-state index contributed by atoms with van der Waals surface area (Å²) in [5.74, 6) is -0.436. The van der Waals surface area contributed by atoms with E-state index in [0.29, 0.717) is 5.69 Å². The van der Waals surface area contributed by atoms with E-state index in [4.69, 9.17) is 10.5 Å². The number of anilines is 1. The van der Waals surface area contributed by atoms with Crippen molar-refractivity contribution < 1.29 is 17.9 Å². The number of rotatable bonds is 6. The van der Waals surface area contributed by atoms with Crippen LogP contribution in [0, 0.1) is 6.92 Å². The third kappa shape index (κ3) is 4.01. The summed E-state index contributed by atoms with van der Waals surface area (Å²) >= 11 is 0. The van der Waals surface area contributed by atoms with Crippen molar-refractivity contribution in [1.29, 1.82) is 0 Å². The van der Waals surface area contributed by atoms with Crippen molar-refractivity contribution in [2.75, 3.05) is 26.1 Å². The van der Waals surface area contributed by atoms with Crippen molar-refractivity contribution in [3.8, 4) is 0 Å². The zero-order valence-corrected chi connectivity index (χ0v) is 12.5. The Balaban J connectivity index is 3.01. The molecule has 0 aliphatic carbocycles. The van der Waals surface area contributed by atoms with Gasteiger partial charge in [0.15, 0.2) is 0 Å². The monoisotopic (exact) mass is 301 g/mol. The average molecular weight is 301 g/mol. The van der Waals surface area contributed by atoms with Crippen LogP contribution in [-0.2, 0) is 19.6 Å². The molecule has 1 aromatic rings. The molecule has 7 nitrogen and oxygen atoms in total. The summed E-state index contributed by atoms with van der Waals surface area (Å²) in [4.78, 5) is 11.9. The lowest BCUT2D eigenvalue weighted by Gasteiger charge is -2.14. The Morgan fingerprint density at radius 2 is 2.10 bits per heavy atom. The number of hydrogen-bond donors (Lipinski definition) is 3. The van der Waals surface area contributed by atoms with Crippen molar-refractivity contribution >= 4 is 21.6 Å². The lowest BCUT2D eigenvalue weighted by Crippen LogP contribution is -2.39. The van der Waals surface area contributed by atoms with Crippen molar-refractivity contribution in [3.63, 3.8) is 0 Å². The molecule has 0 aliphatic heterocycles. The van der Waals surface area contributed by atoms with Gasteiger partial charge in [-0.05, 0) is 31.7 Å². The summed E-state index contributed by atoms with van der Waals surface area (Å²) in [7, 11) is -0.797. The number of carbonyl (C=O) groups excluding carboxylic acids is 1. The first kappa shape index (κ1) is 16.6. The minimum atomic E-state index is -3.56. The van der Waals surface area contributed by atoms with Gasteiger partial charge in [-0.1, -0.05) is 6.07 Å². The predicted octanol–water partition coefficient (Wildman–Crippen LogP) is -0.185. The van der Waals surface area contributed by atoms with Gasteiger partial charge in [0, 0.05) is 12.8 Å². The van der Waals surface area contributed by atoms with Gasteiger partial charge in [-0.2, -0.15) is 0 Å². The SMILES string of the molecule is CNS(=O)(=O)c1ccc(C)c(NC(=O)C(N)COC)c1. The number of amides is 1. The van der Waals surface area contributed by atoms with Crippen LogP contribution in [-0.4, -0.2) is 41.1 Å². The molecule has 1 aromatic carbocycles. The molecule has 0 heterocycles. The highest BCUT2D eigenvalue weighted by atomic mass is 32.2. The summed E-state index contributed by atoms with van der Waals surface area (Å²) in [5, 5.41) is 2.60. The molecular weight excluding hydrogens is 282 g/mol. The molecule has 1 rings (SSSR count). The predicted molar refractivity (Wildman–Crippen MR) is 75.9 cm³/mol. The second-order valence-electron chi connectivity index (χ2n) is 4.24. The number of methoxy groups -OCH3 is 1. The summed E-state index contributed by atoms with van der Waals surface area (Å²) < 4.78 is 30.4. The summed E-state index contributed by atoms with van der Waals surface area (Å²) in [6.07, 6.45) is 0. The Bertz CT molecular complexity index is 586. The van der Waals surface area contributed by atoms with Crippen molar-refractivity contribution in [1.82, 2.24) is 4.72 Å². The van der Waals surface area contributed by atoms with E-state index in [9.17, 15) is 13.2 Å². The van der Waals surface area contributed by atoms with E-state index in [-0.39, 0.29) is 11.5 Å². The zero-order chi connectivity index (χ0) is 15.3. The Hall–Kier alpha value is -1.48. The van der Waals surface area contributed by atoms with Crippen LogP contribution in [0.4, 0.5) is 5.69 Å². The van der Waals surface area contributed by atoms with E-state index in [1.165, 1.54) is 26.3 Å². The molecule has 0 radical (unpaired) electrons. The molecule has 112 valence electrons. The van der Waals surface area contributed by atoms with Gasteiger partial charge in [0.25, 0.3) is 0 Å². The van der Waals surface area contributed by atoms with Gasteiger partial charge in [-0.15, -0.1) is 0 Å². The topological polar surface area (TPSA) is 111 Å². The second kappa shape index (κ2) is 6.80. The van der Waals surface area contributed by atoms with E-state index >= 15 is 0 Å². The van der Waals surface area contributed by atoms with Crippen LogP contribution in [0.2, 0.25) is 0 Å². The third-order valence-electron chi connectivity index (χ3n) is 2.73. The van der Waals surface area contributed by atoms with E-state index in [1.807, 2.05) is 0 Å². The van der Waals surface area contributed by atoms with E-state index in [2.05, 4.69) is 10.0 Å². The highest BCUT2D eigenvalue weighted by molar-refractivity contribution is 7.89. The number of nitrogens with two attached hydrogens (primary N) is 1. The number of ether oxygens (including phenoxy) is 1. The number of hydrogen-bond acceptors (Lipinski definition) is 5. The molecule has 0 spiro atoms. The molecule has 1 amide bonds. The molecule has 0 aromatic heterocycles. The fourth-order valence-corrected chi connectivity index (χ4v) is 2.26. The van der Waals surface area contributed by atoms with Gasteiger partial charge in [0.2, 0.25) is 15.9 Å². The molecule has 8 heteroatoms. The van der Waals surface area contributed by atoms with E-state index in [0.717, 1.165) is 5.56 Å². The van der Waals surface area contributed by atoms with Crippen LogP contribution >= 0.6 is 0 Å². The average Bonchev–Trinajstić information content (AvgIpc) is 2.41. The molecule has 1 atom stereocenters. The number of benzene rings is 1. The summed E-state index contributed by atoms with van der Waals surface area (Å²) in [5.41, 5.74) is 6.74. The Labute approximate surface area is 118 Å². The molecule has 1 unspecified atom stereocenters. The molecule has 0 bridgehead atoms. The fourth-order valence-electron chi connectivity index (χ4n) is 1.50. The smallest absolute Gasteiger partial charge is 0.243 e. The Kier molecular flexibility index (Phi) is 5.63. The van der Waals surface area contributed by atoms with Crippen LogP contribution in [0.3, 0.4) is 0 Å². The van der Waals surface area contributed by atoms with Gasteiger partial charge >= 0.3 is 0 Å². The zero-order valence-electron chi connectivity index (χ0n) is 11.6. The Morgan fingerprint density at radius 1 is 1.45 bits per heavy atom. The van der Waals surface area contributed by atoms with Crippen molar-refractivity contribution in [2.24, 2.45) is 5.73 Å². The first-order valence-corrected chi connectivity index (χ1v) is 7.39. The standard InChI is InChI=1S/C12H19N3O4S/c1-8-4-5-9(20(17,18)14-2)6-11(8)15-12(16)10(13)7-19-3/h4-6,10,14H,7,13H2,1-3H3,(H,15,16). The first-order valence-electron chi connectivity index (χ1n) is 5.91. The minimum Gasteiger partial charge on any atom is -0.383 e. The number of sulfonamides is 1. The quantitative estimate of drug-likeness (QED) is 0.675. The lowest BCUT2D eigenvalue weighted by molar-refractivity contribution is -0.118. The molecule has 0 saturated heterocycles. The highest BCUT2D eigenvalue weighted by Gasteiger charge is 2.17. The van der Waals surface area contributed by atoms with Gasteiger partial charge < -0.3 is 15.8 Å². The van der Waals surface area contributed by atoms with Crippen LogP contribution in [0.15, 0.2) is 23.1 Å². The first-order chi connectivity index (χ1) is 9.31. The maximum atomic E-state index is 11.8. The minimum absolute atomic E-state index is 0.0706. The Morgan fingerprint density at radius 3 is 2.65 bits per heavy atom. The molecule has 0 saturated carbocycles. The van der Waals surface area contributed by atoms with Gasteiger partial charge in [0.1, 0.15) is 6.04 Å². The number of carbonyl (C=O) groups is 1. The molecular formula is C12H19N3O4S. The van der Waals surface area contributed by atoms with Crippen LogP contribution in [0.1, 0.15) is 5.56 Å². The van der Waals surface area contributed by atoms with Crippen molar-refractivity contribution in [2.45, 2.75) is 17.9 Å². The van der Waals surface area contributed by atoms with Gasteiger partial charge in [-0.25, -0.2) is 13.1 Å². The fraction of sp³-hybridized carbons (Fsp3) is 0.417. The normalized spacial score (nSPS) is 13.0. The summed E-state index contributed by atoms with van der Waals surface area (Å²) in [6, 6.07) is 3.65. The van der Waals surface area contributed by atoms with Crippen LogP contribution in [0.5, 0.6) is 0 Å². The molecule has 0 aliphatic rings. The third-order valence-corrected chi connectivity index (χ3v) is 4.14. The number of aryl methyl sites for hydroxylation is 1. The van der Waals surface area contributed by atoms with Gasteiger partial charge in [0.05, 0.1) is 11.5 Å². The maximum Gasteiger partial charge on any atom is 0.243 e. The maximum absolute atomic E-state index is 11.8. The van der Waals surface area contributed by atoms with Crippen LogP contribution < -0.4 is 15.8 Å². The van der Waals surface area contributed by atoms with Gasteiger partial charge in [-0.3, -0.25) is 4.79 Å².